The summed E-state index contributed by atoms with van der Waals surface area (Å²) in [5.41, 5.74) is 2.71. The van der Waals surface area contributed by atoms with Crippen LogP contribution in [0.15, 0.2) is 0 Å². The molecule has 0 aliphatic carbocycles. The molecule has 0 bridgehead atoms. The lowest BCUT2D eigenvalue weighted by Crippen LogP contribution is -2.08. The second-order valence-corrected chi connectivity index (χ2v) is 1.60. The van der Waals surface area contributed by atoms with Gasteiger partial charge >= 0.3 is 0 Å². The van der Waals surface area contributed by atoms with Crippen LogP contribution in [0.2, 0.25) is 0 Å². The maximum atomic E-state index is 4.51. The maximum absolute atomic E-state index is 4.51. The van der Waals surface area contributed by atoms with E-state index in [4.69, 9.17) is 0 Å². The average molecular weight is 121 g/mol. The molecule has 0 aromatic heterocycles. The number of hydroxylamine groups is 1. The first-order valence-corrected chi connectivity index (χ1v) is 2.97. The third kappa shape index (κ3) is 6.35. The van der Waals surface area contributed by atoms with Gasteiger partial charge in [0.25, 0.3) is 0 Å². The fourth-order valence-corrected chi connectivity index (χ4v) is 0.426. The van der Waals surface area contributed by atoms with Gasteiger partial charge in [-0.25, -0.2) is 0 Å². The van der Waals surface area contributed by atoms with E-state index in [1.807, 2.05) is 0 Å². The van der Waals surface area contributed by atoms with Crippen molar-refractivity contribution < 1.29 is 4.62 Å². The van der Waals surface area contributed by atoms with Crippen LogP contribution in [-0.2, 0) is 4.62 Å². The highest BCUT2D eigenvalue weighted by Gasteiger charge is 1.77. The monoisotopic (exact) mass is 121 g/mol. The predicted molar refractivity (Wildman–Crippen MR) is 33.7 cm³/mol. The molecule has 0 aliphatic rings. The first-order valence-electron chi connectivity index (χ1n) is 2.50. The Bertz CT molecular complexity index is 30.9. The van der Waals surface area contributed by atoms with E-state index in [0.29, 0.717) is 0 Å². The SMILES string of the molecule is CCCCNOP. The summed E-state index contributed by atoms with van der Waals surface area (Å²) in [5.74, 6) is 0. The van der Waals surface area contributed by atoms with Crippen LogP contribution in [0.25, 0.3) is 0 Å². The minimum atomic E-state index is 0.944. The topological polar surface area (TPSA) is 21.3 Å². The second kappa shape index (κ2) is 6.35. The van der Waals surface area contributed by atoms with Crippen LogP contribution in [-0.4, -0.2) is 6.54 Å². The molecular weight excluding hydrogens is 109 g/mol. The van der Waals surface area contributed by atoms with Crippen LogP contribution >= 0.6 is 9.47 Å². The van der Waals surface area contributed by atoms with E-state index >= 15 is 0 Å². The smallest absolute Gasteiger partial charge is 0.0257 e. The highest BCUT2D eigenvalue weighted by molar-refractivity contribution is 7.09. The summed E-state index contributed by atoms with van der Waals surface area (Å²) in [6.07, 6.45) is 2.38. The molecule has 0 radical (unpaired) electrons. The van der Waals surface area contributed by atoms with Crippen molar-refractivity contribution in [2.75, 3.05) is 6.54 Å². The van der Waals surface area contributed by atoms with Gasteiger partial charge in [-0.3, -0.25) is 4.62 Å². The summed E-state index contributed by atoms with van der Waals surface area (Å²) in [6, 6.07) is 0. The zero-order valence-corrected chi connectivity index (χ0v) is 5.76. The van der Waals surface area contributed by atoms with Crippen molar-refractivity contribution in [2.24, 2.45) is 0 Å². The van der Waals surface area contributed by atoms with E-state index in [-0.39, 0.29) is 0 Å². The molecule has 0 saturated heterocycles. The summed E-state index contributed by atoms with van der Waals surface area (Å²) in [6.45, 7) is 3.09. The number of hydrogen-bond donors (Lipinski definition) is 1. The summed E-state index contributed by atoms with van der Waals surface area (Å²) >= 11 is 0. The van der Waals surface area contributed by atoms with E-state index < -0.39 is 0 Å². The molecule has 7 heavy (non-hydrogen) atoms. The second-order valence-electron chi connectivity index (χ2n) is 1.37. The standard InChI is InChI=1S/C4H12NOP/c1-2-3-4-5-6-7/h5H,2-4,7H2,1H3. The number of nitrogens with one attached hydrogen (secondary N) is 1. The van der Waals surface area contributed by atoms with Crippen molar-refractivity contribution in [1.29, 1.82) is 0 Å². The Morgan fingerprint density at radius 1 is 1.71 bits per heavy atom. The van der Waals surface area contributed by atoms with Crippen molar-refractivity contribution in [3.05, 3.63) is 0 Å². The fourth-order valence-electron chi connectivity index (χ4n) is 0.308. The molecule has 0 heterocycles. The van der Waals surface area contributed by atoms with Crippen LogP contribution in [0.4, 0.5) is 0 Å². The zero-order chi connectivity index (χ0) is 5.54. The van der Waals surface area contributed by atoms with Crippen LogP contribution in [0, 0.1) is 0 Å². The van der Waals surface area contributed by atoms with Gasteiger partial charge in [0.2, 0.25) is 0 Å². The molecule has 1 atom stereocenters. The van der Waals surface area contributed by atoms with Gasteiger partial charge in [0.05, 0.1) is 0 Å². The van der Waals surface area contributed by atoms with E-state index in [0.717, 1.165) is 6.54 Å². The Labute approximate surface area is 46.9 Å². The fraction of sp³-hybridized carbons (Fsp3) is 1.00. The summed E-state index contributed by atoms with van der Waals surface area (Å²) in [5, 5.41) is 0. The van der Waals surface area contributed by atoms with Crippen molar-refractivity contribution in [3.8, 4) is 0 Å². The Morgan fingerprint density at radius 3 is 2.86 bits per heavy atom. The molecule has 0 rings (SSSR count). The van der Waals surface area contributed by atoms with Crippen LogP contribution in [0.5, 0.6) is 0 Å². The van der Waals surface area contributed by atoms with Crippen molar-refractivity contribution in [1.82, 2.24) is 5.48 Å². The van der Waals surface area contributed by atoms with E-state index in [1.54, 1.807) is 0 Å². The van der Waals surface area contributed by atoms with Crippen molar-refractivity contribution >= 4 is 9.47 Å². The Kier molecular flexibility index (Phi) is 6.67. The molecule has 0 saturated carbocycles. The molecule has 0 amide bonds. The van der Waals surface area contributed by atoms with Gasteiger partial charge in [-0.1, -0.05) is 13.3 Å². The molecular formula is C4H12NOP. The lowest BCUT2D eigenvalue weighted by molar-refractivity contribution is 0.234. The predicted octanol–water partition coefficient (Wildman–Crippen LogP) is 1.10. The number of rotatable bonds is 4. The molecule has 44 valence electrons. The van der Waals surface area contributed by atoms with Crippen LogP contribution in [0.3, 0.4) is 0 Å². The summed E-state index contributed by atoms with van der Waals surface area (Å²) < 4.78 is 4.51. The lowest BCUT2D eigenvalue weighted by atomic mass is 10.3. The van der Waals surface area contributed by atoms with Crippen molar-refractivity contribution in [3.63, 3.8) is 0 Å². The largest absolute Gasteiger partial charge is 0.287 e. The third-order valence-electron chi connectivity index (χ3n) is 0.716. The van der Waals surface area contributed by atoms with Gasteiger partial charge in [-0.05, 0) is 6.42 Å². The van der Waals surface area contributed by atoms with Crippen LogP contribution < -0.4 is 5.48 Å². The quantitative estimate of drug-likeness (QED) is 0.341. The average Bonchev–Trinajstić information content (AvgIpc) is 1.69. The molecule has 0 aliphatic heterocycles. The first kappa shape index (κ1) is 7.35. The number of hydrogen-bond acceptors (Lipinski definition) is 2. The third-order valence-corrected chi connectivity index (χ3v) is 0.882. The summed E-state index contributed by atoms with van der Waals surface area (Å²) in [4.78, 5) is 0. The van der Waals surface area contributed by atoms with Crippen molar-refractivity contribution in [2.45, 2.75) is 19.8 Å². The molecule has 3 heteroatoms. The first-order chi connectivity index (χ1) is 3.41. The minimum absolute atomic E-state index is 0.944. The molecule has 1 unspecified atom stereocenters. The maximum Gasteiger partial charge on any atom is 0.0257 e. The highest BCUT2D eigenvalue weighted by Crippen LogP contribution is 1.83. The van der Waals surface area contributed by atoms with E-state index in [2.05, 4.69) is 26.5 Å². The Hall–Kier alpha value is 0.350. The minimum Gasteiger partial charge on any atom is -0.287 e. The highest BCUT2D eigenvalue weighted by atomic mass is 31.0. The summed E-state index contributed by atoms with van der Waals surface area (Å²) in [7, 11) is 2.14. The molecule has 0 fully saturated rings. The van der Waals surface area contributed by atoms with Crippen LogP contribution in [0.1, 0.15) is 19.8 Å². The zero-order valence-electron chi connectivity index (χ0n) is 4.61. The van der Waals surface area contributed by atoms with E-state index in [1.165, 1.54) is 12.8 Å². The molecule has 0 spiro atoms. The van der Waals surface area contributed by atoms with Gasteiger partial charge in [0, 0.05) is 16.0 Å². The molecule has 2 nitrogen and oxygen atoms in total. The number of unbranched alkanes of at least 4 members (excludes halogenated alkanes) is 1. The molecule has 0 aromatic rings. The molecule has 1 N–H and O–H groups in total. The lowest BCUT2D eigenvalue weighted by Gasteiger charge is -1.95. The van der Waals surface area contributed by atoms with Gasteiger partial charge in [0.1, 0.15) is 0 Å². The van der Waals surface area contributed by atoms with Gasteiger partial charge < -0.3 is 0 Å². The normalized spacial score (nSPS) is 9.43. The Balaban J connectivity index is 2.45. The van der Waals surface area contributed by atoms with Gasteiger partial charge in [-0.2, -0.15) is 5.48 Å². The van der Waals surface area contributed by atoms with E-state index in [9.17, 15) is 0 Å². The molecule has 0 aromatic carbocycles. The van der Waals surface area contributed by atoms with Gasteiger partial charge in [-0.15, -0.1) is 0 Å². The van der Waals surface area contributed by atoms with Gasteiger partial charge in [0.15, 0.2) is 0 Å². The Morgan fingerprint density at radius 2 is 2.43 bits per heavy atom.